The molecule has 1 aromatic heterocycles. The molecule has 7 heteroatoms. The molecule has 0 aliphatic carbocycles. The number of H-pyrrole nitrogens is 2. The second-order valence-corrected chi connectivity index (χ2v) is 8.28. The molecule has 1 fully saturated rings. The zero-order chi connectivity index (χ0) is 20.4. The molecular formula is C22H25FN4OS. The number of benzene rings is 2. The summed E-state index contributed by atoms with van der Waals surface area (Å²) in [6, 6.07) is 11.3. The number of likely N-dealkylation sites (tertiary alicyclic amines) is 1. The van der Waals surface area contributed by atoms with E-state index in [4.69, 9.17) is 12.2 Å². The zero-order valence-corrected chi connectivity index (χ0v) is 17.2. The topological polar surface area (TPSA) is 63.9 Å². The van der Waals surface area contributed by atoms with Crippen LogP contribution in [0.25, 0.3) is 11.0 Å². The first-order valence-electron chi connectivity index (χ1n) is 9.95. The summed E-state index contributed by atoms with van der Waals surface area (Å²) in [5.74, 6) is -0.305. The molecule has 0 spiro atoms. The summed E-state index contributed by atoms with van der Waals surface area (Å²) in [4.78, 5) is 20.9. The molecule has 1 amide bonds. The number of hydrogen-bond donors (Lipinski definition) is 3. The predicted octanol–water partition coefficient (Wildman–Crippen LogP) is 4.32. The Bertz CT molecular complexity index is 1060. The molecule has 3 aromatic rings. The summed E-state index contributed by atoms with van der Waals surface area (Å²) in [5, 5.41) is 2.98. The van der Waals surface area contributed by atoms with Gasteiger partial charge in [0.15, 0.2) is 4.77 Å². The lowest BCUT2D eigenvalue weighted by Gasteiger charge is -2.32. The van der Waals surface area contributed by atoms with Gasteiger partial charge in [-0.1, -0.05) is 29.8 Å². The Hall–Kier alpha value is -2.51. The van der Waals surface area contributed by atoms with Crippen molar-refractivity contribution in [2.45, 2.75) is 26.3 Å². The second-order valence-electron chi connectivity index (χ2n) is 7.87. The van der Waals surface area contributed by atoms with Gasteiger partial charge in [-0.15, -0.1) is 0 Å². The number of aromatic nitrogens is 2. The van der Waals surface area contributed by atoms with Crippen LogP contribution in [0.1, 0.15) is 34.3 Å². The molecule has 2 heterocycles. The van der Waals surface area contributed by atoms with Crippen LogP contribution >= 0.6 is 12.2 Å². The standard InChI is InChI=1S/C22H25FN4OS/c1-14-2-4-16(5-3-14)13-27-8-6-15(7-9-27)12-24-21(28)18-10-17(23)11-19-20(18)26-22(29)25-19/h2-5,10-11,15H,6-9,12-13H2,1H3,(H,24,28)(H2,25,26,29). The maximum Gasteiger partial charge on any atom is 0.253 e. The molecule has 0 atom stereocenters. The van der Waals surface area contributed by atoms with Gasteiger partial charge in [-0.05, 0) is 68.7 Å². The number of nitrogens with one attached hydrogen (secondary N) is 3. The quantitative estimate of drug-likeness (QED) is 0.547. The van der Waals surface area contributed by atoms with Crippen molar-refractivity contribution in [3.05, 3.63) is 63.7 Å². The number of rotatable bonds is 5. The molecule has 5 nitrogen and oxygen atoms in total. The SMILES string of the molecule is Cc1ccc(CN2CCC(CNC(=O)c3cc(F)cc4[nH]c(=S)[nH]c34)CC2)cc1. The number of hydrogen-bond acceptors (Lipinski definition) is 3. The van der Waals surface area contributed by atoms with E-state index < -0.39 is 5.82 Å². The van der Waals surface area contributed by atoms with Gasteiger partial charge in [-0.3, -0.25) is 9.69 Å². The summed E-state index contributed by atoms with van der Waals surface area (Å²) in [7, 11) is 0. The average molecular weight is 413 g/mol. The van der Waals surface area contributed by atoms with Crippen LogP contribution in [-0.4, -0.2) is 40.4 Å². The fourth-order valence-corrected chi connectivity index (χ4v) is 4.13. The van der Waals surface area contributed by atoms with Crippen LogP contribution in [0.15, 0.2) is 36.4 Å². The molecule has 0 radical (unpaired) electrons. The van der Waals surface area contributed by atoms with E-state index in [2.05, 4.69) is 51.4 Å². The Balaban J connectivity index is 1.31. The van der Waals surface area contributed by atoms with Gasteiger partial charge in [0, 0.05) is 13.1 Å². The minimum absolute atomic E-state index is 0.276. The van der Waals surface area contributed by atoms with Gasteiger partial charge in [0.1, 0.15) is 5.82 Å². The smallest absolute Gasteiger partial charge is 0.253 e. The van der Waals surface area contributed by atoms with E-state index >= 15 is 0 Å². The van der Waals surface area contributed by atoms with Crippen molar-refractivity contribution in [3.63, 3.8) is 0 Å². The van der Waals surface area contributed by atoms with Crippen LogP contribution < -0.4 is 5.32 Å². The molecule has 152 valence electrons. The van der Waals surface area contributed by atoms with Crippen molar-refractivity contribution in [1.29, 1.82) is 0 Å². The molecule has 4 rings (SSSR count). The van der Waals surface area contributed by atoms with Gasteiger partial charge in [0.05, 0.1) is 16.6 Å². The number of carbonyl (C=O) groups excluding carboxylic acids is 1. The molecular weight excluding hydrogens is 387 g/mol. The summed E-state index contributed by atoms with van der Waals surface area (Å²) in [5.41, 5.74) is 3.94. The molecule has 1 aliphatic heterocycles. The Morgan fingerprint density at radius 3 is 2.66 bits per heavy atom. The number of carbonyl (C=O) groups is 1. The summed E-state index contributed by atoms with van der Waals surface area (Å²) in [6.45, 7) is 5.70. The minimum Gasteiger partial charge on any atom is -0.352 e. The Kier molecular flexibility index (Phi) is 5.78. The first-order chi connectivity index (χ1) is 14.0. The molecule has 1 saturated heterocycles. The summed E-state index contributed by atoms with van der Waals surface area (Å²) < 4.78 is 14.2. The number of nitrogens with zero attached hydrogens (tertiary/aromatic N) is 1. The van der Waals surface area contributed by atoms with Gasteiger partial charge in [0.25, 0.3) is 5.91 Å². The fraction of sp³-hybridized carbons (Fsp3) is 0.364. The van der Waals surface area contributed by atoms with Crippen molar-refractivity contribution in [2.24, 2.45) is 5.92 Å². The van der Waals surface area contributed by atoms with Gasteiger partial charge >= 0.3 is 0 Å². The van der Waals surface area contributed by atoms with Crippen molar-refractivity contribution < 1.29 is 9.18 Å². The molecule has 3 N–H and O–H groups in total. The largest absolute Gasteiger partial charge is 0.352 e. The first kappa shape index (κ1) is 19.8. The summed E-state index contributed by atoms with van der Waals surface area (Å²) in [6.07, 6.45) is 2.08. The molecule has 2 aromatic carbocycles. The lowest BCUT2D eigenvalue weighted by atomic mass is 9.96. The molecule has 29 heavy (non-hydrogen) atoms. The van der Waals surface area contributed by atoms with Crippen LogP contribution in [-0.2, 0) is 6.54 Å². The number of aromatic amines is 2. The average Bonchev–Trinajstić information content (AvgIpc) is 3.08. The highest BCUT2D eigenvalue weighted by atomic mass is 32.1. The number of halogens is 1. The van der Waals surface area contributed by atoms with Crippen LogP contribution in [0, 0.1) is 23.4 Å². The number of fused-ring (bicyclic) bond motifs is 1. The molecule has 1 aliphatic rings. The minimum atomic E-state index is -0.461. The van der Waals surface area contributed by atoms with Crippen molar-refractivity contribution in [3.8, 4) is 0 Å². The number of aryl methyl sites for hydroxylation is 1. The Labute approximate surface area is 174 Å². The van der Waals surface area contributed by atoms with Crippen molar-refractivity contribution >= 4 is 29.2 Å². The Morgan fingerprint density at radius 1 is 1.21 bits per heavy atom. The zero-order valence-electron chi connectivity index (χ0n) is 16.4. The highest BCUT2D eigenvalue weighted by molar-refractivity contribution is 7.71. The lowest BCUT2D eigenvalue weighted by Crippen LogP contribution is -2.38. The lowest BCUT2D eigenvalue weighted by molar-refractivity contribution is 0.0936. The third-order valence-corrected chi connectivity index (χ3v) is 5.82. The fourth-order valence-electron chi connectivity index (χ4n) is 3.92. The molecule has 0 unspecified atom stereocenters. The van der Waals surface area contributed by atoms with Gasteiger partial charge in [-0.25, -0.2) is 4.39 Å². The van der Waals surface area contributed by atoms with Crippen molar-refractivity contribution in [1.82, 2.24) is 20.2 Å². The number of piperidine rings is 1. The van der Waals surface area contributed by atoms with Gasteiger partial charge < -0.3 is 15.3 Å². The highest BCUT2D eigenvalue weighted by Gasteiger charge is 2.21. The first-order valence-corrected chi connectivity index (χ1v) is 10.4. The van der Waals surface area contributed by atoms with Gasteiger partial charge in [0.2, 0.25) is 0 Å². The third kappa shape index (κ3) is 4.74. The second kappa shape index (κ2) is 8.47. The normalized spacial score (nSPS) is 15.7. The van der Waals surface area contributed by atoms with E-state index in [0.29, 0.717) is 28.3 Å². The van der Waals surface area contributed by atoms with Crippen LogP contribution in [0.2, 0.25) is 0 Å². The maximum atomic E-state index is 13.9. The van der Waals surface area contributed by atoms with Gasteiger partial charge in [-0.2, -0.15) is 0 Å². The number of imidazole rings is 1. The van der Waals surface area contributed by atoms with E-state index in [-0.39, 0.29) is 11.5 Å². The number of amides is 1. The van der Waals surface area contributed by atoms with Crippen LogP contribution in [0.3, 0.4) is 0 Å². The van der Waals surface area contributed by atoms with E-state index in [0.717, 1.165) is 32.5 Å². The molecule has 0 saturated carbocycles. The maximum absolute atomic E-state index is 13.9. The highest BCUT2D eigenvalue weighted by Crippen LogP contribution is 2.20. The monoisotopic (exact) mass is 412 g/mol. The van der Waals surface area contributed by atoms with Crippen molar-refractivity contribution in [2.75, 3.05) is 19.6 Å². The van der Waals surface area contributed by atoms with E-state index in [1.807, 2.05) is 0 Å². The molecule has 0 bridgehead atoms. The van der Waals surface area contributed by atoms with E-state index in [1.54, 1.807) is 0 Å². The Morgan fingerprint density at radius 2 is 1.93 bits per heavy atom. The predicted molar refractivity (Wildman–Crippen MR) is 115 cm³/mol. The third-order valence-electron chi connectivity index (χ3n) is 5.62. The van der Waals surface area contributed by atoms with E-state index in [1.165, 1.54) is 23.3 Å². The van der Waals surface area contributed by atoms with Crippen LogP contribution in [0.4, 0.5) is 4.39 Å². The van der Waals surface area contributed by atoms with Crippen LogP contribution in [0.5, 0.6) is 0 Å². The van der Waals surface area contributed by atoms with E-state index in [9.17, 15) is 9.18 Å². The summed E-state index contributed by atoms with van der Waals surface area (Å²) >= 11 is 5.06.